The summed E-state index contributed by atoms with van der Waals surface area (Å²) in [6.07, 6.45) is 1.06. The molecule has 2 rings (SSSR count). The van der Waals surface area contributed by atoms with Crippen molar-refractivity contribution in [3.8, 4) is 11.5 Å². The summed E-state index contributed by atoms with van der Waals surface area (Å²) in [6, 6.07) is 13.6. The van der Waals surface area contributed by atoms with Crippen LogP contribution < -0.4 is 19.1 Å². The van der Waals surface area contributed by atoms with Gasteiger partial charge < -0.3 is 14.8 Å². The van der Waals surface area contributed by atoms with E-state index in [4.69, 9.17) is 9.47 Å². The molecule has 1 N–H and O–H groups in total. The summed E-state index contributed by atoms with van der Waals surface area (Å²) >= 11 is 0. The second-order valence-corrected chi connectivity index (χ2v) is 8.35. The molecule has 0 bridgehead atoms. The molecule has 0 unspecified atom stereocenters. The highest BCUT2D eigenvalue weighted by atomic mass is 32.2. The van der Waals surface area contributed by atoms with Crippen LogP contribution in [0, 0.1) is 0 Å². The summed E-state index contributed by atoms with van der Waals surface area (Å²) in [4.78, 5) is 12.5. The van der Waals surface area contributed by atoms with E-state index in [1.807, 2.05) is 20.8 Å². The van der Waals surface area contributed by atoms with E-state index >= 15 is 0 Å². The minimum atomic E-state index is -3.67. The average molecular weight is 407 g/mol. The van der Waals surface area contributed by atoms with Gasteiger partial charge in [-0.15, -0.1) is 0 Å². The Labute approximate surface area is 166 Å². The quantitative estimate of drug-likeness (QED) is 0.691. The molecule has 0 saturated carbocycles. The van der Waals surface area contributed by atoms with Crippen molar-refractivity contribution in [1.29, 1.82) is 0 Å². The predicted molar refractivity (Wildman–Crippen MR) is 111 cm³/mol. The van der Waals surface area contributed by atoms with E-state index in [0.29, 0.717) is 29.5 Å². The van der Waals surface area contributed by atoms with Crippen molar-refractivity contribution < 1.29 is 22.7 Å². The molecule has 1 amide bonds. The summed E-state index contributed by atoms with van der Waals surface area (Å²) in [5.41, 5.74) is 0.889. The molecule has 0 fully saturated rings. The summed E-state index contributed by atoms with van der Waals surface area (Å²) < 4.78 is 36.6. The van der Waals surface area contributed by atoms with Crippen molar-refractivity contribution in [2.24, 2.45) is 0 Å². The second-order valence-electron chi connectivity index (χ2n) is 6.44. The minimum absolute atomic E-state index is 0.00398. The first-order valence-corrected chi connectivity index (χ1v) is 10.8. The lowest BCUT2D eigenvalue weighted by atomic mass is 10.3. The van der Waals surface area contributed by atoms with Gasteiger partial charge in [-0.3, -0.25) is 9.10 Å². The number of hydrogen-bond donors (Lipinski definition) is 1. The maximum absolute atomic E-state index is 12.5. The zero-order valence-corrected chi connectivity index (χ0v) is 17.3. The number of amides is 1. The molecule has 0 aromatic heterocycles. The van der Waals surface area contributed by atoms with Gasteiger partial charge in [0.25, 0.3) is 0 Å². The molecular formula is C20H26N2O5S. The molecule has 0 spiro atoms. The number of sulfonamides is 1. The highest BCUT2D eigenvalue weighted by molar-refractivity contribution is 7.92. The number of hydrogen-bond acceptors (Lipinski definition) is 5. The molecule has 7 nitrogen and oxygen atoms in total. The molecule has 0 aliphatic rings. The van der Waals surface area contributed by atoms with Crippen molar-refractivity contribution in [2.45, 2.75) is 26.9 Å². The Morgan fingerprint density at radius 2 is 1.79 bits per heavy atom. The first-order valence-electron chi connectivity index (χ1n) is 8.96. The van der Waals surface area contributed by atoms with Gasteiger partial charge in [-0.05, 0) is 45.0 Å². The molecule has 2 aromatic rings. The van der Waals surface area contributed by atoms with Gasteiger partial charge in [0.15, 0.2) is 0 Å². The van der Waals surface area contributed by atoms with Gasteiger partial charge in [-0.1, -0.05) is 12.1 Å². The molecule has 0 aliphatic carbocycles. The van der Waals surface area contributed by atoms with Crippen LogP contribution in [0.3, 0.4) is 0 Å². The van der Waals surface area contributed by atoms with Crippen molar-refractivity contribution >= 4 is 27.3 Å². The van der Waals surface area contributed by atoms with E-state index in [1.54, 1.807) is 48.5 Å². The second kappa shape index (κ2) is 9.45. The van der Waals surface area contributed by atoms with Gasteiger partial charge in [-0.25, -0.2) is 8.42 Å². The summed E-state index contributed by atoms with van der Waals surface area (Å²) in [6.45, 7) is 5.75. The SMILES string of the molecule is CCOc1cccc(N(CC(=O)Nc2cccc(OC(C)C)c2)S(C)(=O)=O)c1. The number of nitrogens with one attached hydrogen (secondary N) is 1. The van der Waals surface area contributed by atoms with E-state index in [9.17, 15) is 13.2 Å². The number of rotatable bonds is 9. The van der Waals surface area contributed by atoms with E-state index in [0.717, 1.165) is 10.6 Å². The zero-order chi connectivity index (χ0) is 20.7. The maximum Gasteiger partial charge on any atom is 0.245 e. The van der Waals surface area contributed by atoms with Crippen LogP contribution in [0.1, 0.15) is 20.8 Å². The molecule has 0 saturated heterocycles. The predicted octanol–water partition coefficient (Wildman–Crippen LogP) is 3.28. The first kappa shape index (κ1) is 21.6. The van der Waals surface area contributed by atoms with Crippen molar-refractivity contribution in [2.75, 3.05) is 29.0 Å². The fraction of sp³-hybridized carbons (Fsp3) is 0.350. The smallest absolute Gasteiger partial charge is 0.245 e. The van der Waals surface area contributed by atoms with Crippen molar-refractivity contribution in [3.05, 3.63) is 48.5 Å². The standard InChI is InChI=1S/C20H26N2O5S/c1-5-26-18-10-7-9-17(13-18)22(28(4,24)25)14-20(23)21-16-8-6-11-19(12-16)27-15(2)3/h6-13,15H,5,14H2,1-4H3,(H,21,23). The summed E-state index contributed by atoms with van der Waals surface area (Å²) in [5, 5.41) is 2.71. The maximum atomic E-state index is 12.5. The molecule has 0 aliphatic heterocycles. The Hall–Kier alpha value is -2.74. The Kier molecular flexibility index (Phi) is 7.28. The third-order valence-electron chi connectivity index (χ3n) is 3.59. The molecule has 2 aromatic carbocycles. The van der Waals surface area contributed by atoms with Crippen LogP contribution in [-0.2, 0) is 14.8 Å². The fourth-order valence-electron chi connectivity index (χ4n) is 2.55. The van der Waals surface area contributed by atoms with Crippen LogP contribution in [0.5, 0.6) is 11.5 Å². The number of carbonyl (C=O) groups is 1. The molecule has 0 radical (unpaired) electrons. The normalized spacial score (nSPS) is 11.2. The molecule has 8 heteroatoms. The zero-order valence-electron chi connectivity index (χ0n) is 16.5. The van der Waals surface area contributed by atoms with Crippen LogP contribution in [-0.4, -0.2) is 39.8 Å². The van der Waals surface area contributed by atoms with Crippen LogP contribution in [0.2, 0.25) is 0 Å². The number of anilines is 2. The van der Waals surface area contributed by atoms with Crippen LogP contribution in [0.4, 0.5) is 11.4 Å². The van der Waals surface area contributed by atoms with Gasteiger partial charge in [0.1, 0.15) is 18.0 Å². The van der Waals surface area contributed by atoms with Gasteiger partial charge in [-0.2, -0.15) is 0 Å². The molecular weight excluding hydrogens is 380 g/mol. The Bertz CT molecular complexity index is 912. The van der Waals surface area contributed by atoms with Crippen LogP contribution in [0.15, 0.2) is 48.5 Å². The highest BCUT2D eigenvalue weighted by Gasteiger charge is 2.21. The summed E-state index contributed by atoms with van der Waals surface area (Å²) in [5.74, 6) is 0.693. The number of ether oxygens (including phenoxy) is 2. The molecule has 152 valence electrons. The number of nitrogens with zero attached hydrogens (tertiary/aromatic N) is 1. The highest BCUT2D eigenvalue weighted by Crippen LogP contribution is 2.24. The lowest BCUT2D eigenvalue weighted by Gasteiger charge is -2.22. The average Bonchev–Trinajstić information content (AvgIpc) is 2.59. The summed E-state index contributed by atoms with van der Waals surface area (Å²) in [7, 11) is -3.67. The largest absolute Gasteiger partial charge is 0.494 e. The fourth-order valence-corrected chi connectivity index (χ4v) is 3.39. The van der Waals surface area contributed by atoms with Gasteiger partial charge >= 0.3 is 0 Å². The Morgan fingerprint density at radius 3 is 2.43 bits per heavy atom. The van der Waals surface area contributed by atoms with E-state index in [-0.39, 0.29) is 12.6 Å². The van der Waals surface area contributed by atoms with Crippen LogP contribution in [0.25, 0.3) is 0 Å². The lowest BCUT2D eigenvalue weighted by Crippen LogP contribution is -2.37. The number of benzene rings is 2. The topological polar surface area (TPSA) is 84.9 Å². The van der Waals surface area contributed by atoms with Crippen LogP contribution >= 0.6 is 0 Å². The van der Waals surface area contributed by atoms with E-state index in [1.165, 1.54) is 0 Å². The van der Waals surface area contributed by atoms with E-state index in [2.05, 4.69) is 5.32 Å². The minimum Gasteiger partial charge on any atom is -0.494 e. The third-order valence-corrected chi connectivity index (χ3v) is 4.73. The first-order chi connectivity index (χ1) is 13.2. The van der Waals surface area contributed by atoms with Gasteiger partial charge in [0.05, 0.1) is 24.7 Å². The van der Waals surface area contributed by atoms with E-state index < -0.39 is 15.9 Å². The lowest BCUT2D eigenvalue weighted by molar-refractivity contribution is -0.114. The van der Waals surface area contributed by atoms with Gasteiger partial charge in [0.2, 0.25) is 15.9 Å². The van der Waals surface area contributed by atoms with Crippen molar-refractivity contribution in [1.82, 2.24) is 0 Å². The molecule has 0 heterocycles. The monoisotopic (exact) mass is 406 g/mol. The Balaban J connectivity index is 2.17. The molecule has 0 atom stereocenters. The number of carbonyl (C=O) groups excluding carboxylic acids is 1. The third kappa shape index (κ3) is 6.45. The molecule has 28 heavy (non-hydrogen) atoms. The van der Waals surface area contributed by atoms with Crippen molar-refractivity contribution in [3.63, 3.8) is 0 Å². The van der Waals surface area contributed by atoms with Gasteiger partial charge in [0, 0.05) is 17.8 Å². The Morgan fingerprint density at radius 1 is 1.11 bits per heavy atom.